The Bertz CT molecular complexity index is 509. The zero-order valence-electron chi connectivity index (χ0n) is 13.1. The van der Waals surface area contributed by atoms with E-state index in [9.17, 15) is 4.79 Å². The number of piperazine rings is 1. The molecule has 0 aromatic heterocycles. The molecule has 0 spiro atoms. The lowest BCUT2D eigenvalue weighted by atomic mass is 10.1. The second-order valence-electron chi connectivity index (χ2n) is 6.01. The van der Waals surface area contributed by atoms with Crippen molar-refractivity contribution in [2.75, 3.05) is 44.2 Å². The summed E-state index contributed by atoms with van der Waals surface area (Å²) in [5, 5.41) is 0. The quantitative estimate of drug-likeness (QED) is 0.845. The summed E-state index contributed by atoms with van der Waals surface area (Å²) in [6.45, 7) is 10.3. The number of nitrogens with zero attached hydrogens (tertiary/aromatic N) is 3. The minimum Gasteiger partial charge on any atom is -0.310 e. The Morgan fingerprint density at radius 1 is 1.14 bits per heavy atom. The van der Waals surface area contributed by atoms with Crippen LogP contribution in [0.3, 0.4) is 0 Å². The second-order valence-corrected chi connectivity index (χ2v) is 6.01. The average molecular weight is 287 g/mol. The van der Waals surface area contributed by atoms with Crippen molar-refractivity contribution < 1.29 is 4.79 Å². The highest BCUT2D eigenvalue weighted by molar-refractivity contribution is 5.98. The Hall–Kier alpha value is -1.39. The van der Waals surface area contributed by atoms with Crippen LogP contribution in [0, 0.1) is 0 Å². The molecule has 1 fully saturated rings. The molecule has 4 heteroatoms. The van der Waals surface area contributed by atoms with Crippen LogP contribution in [0.4, 0.5) is 5.69 Å². The highest BCUT2D eigenvalue weighted by atomic mass is 16.2. The van der Waals surface area contributed by atoms with Gasteiger partial charge in [0.25, 0.3) is 0 Å². The largest absolute Gasteiger partial charge is 0.310 e. The van der Waals surface area contributed by atoms with Crippen LogP contribution in [0.5, 0.6) is 0 Å². The lowest BCUT2D eigenvalue weighted by Crippen LogP contribution is -2.54. The monoisotopic (exact) mass is 287 g/mol. The van der Waals surface area contributed by atoms with Gasteiger partial charge in [-0.1, -0.05) is 25.1 Å². The molecule has 1 unspecified atom stereocenters. The molecular weight excluding hydrogens is 262 g/mol. The van der Waals surface area contributed by atoms with Gasteiger partial charge in [-0.05, 0) is 31.5 Å². The van der Waals surface area contributed by atoms with Crippen molar-refractivity contribution in [3.63, 3.8) is 0 Å². The Kier molecular flexibility index (Phi) is 4.27. The maximum atomic E-state index is 12.8. The number of carbonyl (C=O) groups is 1. The van der Waals surface area contributed by atoms with Gasteiger partial charge in [-0.15, -0.1) is 0 Å². The molecule has 1 saturated heterocycles. The first-order valence-electron chi connectivity index (χ1n) is 8.06. The Morgan fingerprint density at radius 2 is 1.86 bits per heavy atom. The number of amides is 1. The van der Waals surface area contributed by atoms with Gasteiger partial charge in [0.05, 0.1) is 6.04 Å². The number of para-hydroxylation sites is 1. The molecule has 1 aromatic rings. The number of hydrogen-bond donors (Lipinski definition) is 0. The predicted molar refractivity (Wildman–Crippen MR) is 85.6 cm³/mol. The Labute approximate surface area is 127 Å². The van der Waals surface area contributed by atoms with Crippen LogP contribution in [0.25, 0.3) is 0 Å². The van der Waals surface area contributed by atoms with E-state index in [1.165, 1.54) is 5.56 Å². The molecule has 21 heavy (non-hydrogen) atoms. The Balaban J connectivity index is 1.66. The molecule has 2 aliphatic heterocycles. The minimum absolute atomic E-state index is 0.0184. The average Bonchev–Trinajstić information content (AvgIpc) is 2.97. The van der Waals surface area contributed by atoms with E-state index in [1.54, 1.807) is 0 Å². The molecule has 1 aromatic carbocycles. The molecule has 2 heterocycles. The topological polar surface area (TPSA) is 26.8 Å². The van der Waals surface area contributed by atoms with Crippen molar-refractivity contribution in [1.82, 2.24) is 9.80 Å². The van der Waals surface area contributed by atoms with Gasteiger partial charge in [-0.2, -0.15) is 0 Å². The van der Waals surface area contributed by atoms with E-state index in [4.69, 9.17) is 0 Å². The number of benzene rings is 1. The summed E-state index contributed by atoms with van der Waals surface area (Å²) in [6.07, 6.45) is 0.984. The van der Waals surface area contributed by atoms with Crippen molar-refractivity contribution in [2.24, 2.45) is 0 Å². The highest BCUT2D eigenvalue weighted by Gasteiger charge is 2.31. The maximum Gasteiger partial charge on any atom is 0.244 e. The first-order valence-corrected chi connectivity index (χ1v) is 8.06. The molecule has 3 rings (SSSR count). The van der Waals surface area contributed by atoms with E-state index >= 15 is 0 Å². The zero-order chi connectivity index (χ0) is 14.8. The first kappa shape index (κ1) is 14.5. The van der Waals surface area contributed by atoms with Crippen LogP contribution in [-0.4, -0.2) is 61.0 Å². The second kappa shape index (κ2) is 6.16. The van der Waals surface area contributed by atoms with Crippen LogP contribution in [0.15, 0.2) is 24.3 Å². The summed E-state index contributed by atoms with van der Waals surface area (Å²) in [5.74, 6) is 0.255. The summed E-state index contributed by atoms with van der Waals surface area (Å²) in [5.41, 5.74) is 2.41. The first-order chi connectivity index (χ1) is 10.2. The summed E-state index contributed by atoms with van der Waals surface area (Å²) in [4.78, 5) is 19.6. The van der Waals surface area contributed by atoms with Gasteiger partial charge in [-0.3, -0.25) is 9.69 Å². The molecule has 0 aliphatic carbocycles. The summed E-state index contributed by atoms with van der Waals surface area (Å²) in [7, 11) is 0. The van der Waals surface area contributed by atoms with Gasteiger partial charge >= 0.3 is 0 Å². The van der Waals surface area contributed by atoms with Crippen molar-refractivity contribution in [3.8, 4) is 0 Å². The molecule has 4 nitrogen and oxygen atoms in total. The third-order valence-corrected chi connectivity index (χ3v) is 4.91. The van der Waals surface area contributed by atoms with Gasteiger partial charge in [0, 0.05) is 38.4 Å². The molecule has 1 atom stereocenters. The number of fused-ring (bicyclic) bond motifs is 1. The SMILES string of the molecule is CCN1CCN(C(C)C(=O)N2CCc3ccccc32)CC1. The fraction of sp³-hybridized carbons (Fsp3) is 0.588. The molecule has 114 valence electrons. The normalized spacial score (nSPS) is 21.3. The van der Waals surface area contributed by atoms with E-state index in [2.05, 4.69) is 41.8 Å². The van der Waals surface area contributed by atoms with Crippen LogP contribution < -0.4 is 4.90 Å². The maximum absolute atomic E-state index is 12.8. The standard InChI is InChI=1S/C17H25N3O/c1-3-18-10-12-19(13-11-18)14(2)17(21)20-9-8-15-6-4-5-7-16(15)20/h4-7,14H,3,8-13H2,1-2H3. The van der Waals surface area contributed by atoms with Crippen LogP contribution >= 0.6 is 0 Å². The van der Waals surface area contributed by atoms with E-state index in [-0.39, 0.29) is 11.9 Å². The summed E-state index contributed by atoms with van der Waals surface area (Å²) < 4.78 is 0. The van der Waals surface area contributed by atoms with E-state index in [1.807, 2.05) is 11.0 Å². The van der Waals surface area contributed by atoms with Crippen LogP contribution in [0.2, 0.25) is 0 Å². The molecule has 1 amide bonds. The smallest absolute Gasteiger partial charge is 0.244 e. The minimum atomic E-state index is -0.0184. The van der Waals surface area contributed by atoms with Crippen molar-refractivity contribution in [1.29, 1.82) is 0 Å². The van der Waals surface area contributed by atoms with Crippen molar-refractivity contribution >= 4 is 11.6 Å². The van der Waals surface area contributed by atoms with Crippen molar-refractivity contribution in [3.05, 3.63) is 29.8 Å². The number of rotatable bonds is 3. The van der Waals surface area contributed by atoms with Crippen molar-refractivity contribution in [2.45, 2.75) is 26.3 Å². The Morgan fingerprint density at radius 3 is 2.57 bits per heavy atom. The number of likely N-dealkylation sites (N-methyl/N-ethyl adjacent to an activating group) is 1. The molecule has 0 saturated carbocycles. The number of carbonyl (C=O) groups excluding carboxylic acids is 1. The highest BCUT2D eigenvalue weighted by Crippen LogP contribution is 2.28. The molecule has 2 aliphatic rings. The number of anilines is 1. The lowest BCUT2D eigenvalue weighted by molar-refractivity contribution is -0.123. The third-order valence-electron chi connectivity index (χ3n) is 4.91. The van der Waals surface area contributed by atoms with Gasteiger partial charge < -0.3 is 9.80 Å². The molecule has 0 radical (unpaired) electrons. The van der Waals surface area contributed by atoms with Crippen LogP contribution in [-0.2, 0) is 11.2 Å². The van der Waals surface area contributed by atoms with Gasteiger partial charge in [0.15, 0.2) is 0 Å². The fourth-order valence-corrected chi connectivity index (χ4v) is 3.42. The predicted octanol–water partition coefficient (Wildman–Crippen LogP) is 1.60. The van der Waals surface area contributed by atoms with E-state index in [0.29, 0.717) is 0 Å². The summed E-state index contributed by atoms with van der Waals surface area (Å²) >= 11 is 0. The van der Waals surface area contributed by atoms with Gasteiger partial charge in [-0.25, -0.2) is 0 Å². The molecule has 0 bridgehead atoms. The summed E-state index contributed by atoms with van der Waals surface area (Å²) in [6, 6.07) is 8.26. The van der Waals surface area contributed by atoms with Gasteiger partial charge in [0.2, 0.25) is 5.91 Å². The third kappa shape index (κ3) is 2.83. The molecular formula is C17H25N3O. The van der Waals surface area contributed by atoms with Gasteiger partial charge in [0.1, 0.15) is 0 Å². The van der Waals surface area contributed by atoms with E-state index < -0.39 is 0 Å². The zero-order valence-corrected chi connectivity index (χ0v) is 13.1. The fourth-order valence-electron chi connectivity index (χ4n) is 3.42. The van der Waals surface area contributed by atoms with Crippen LogP contribution in [0.1, 0.15) is 19.4 Å². The number of hydrogen-bond acceptors (Lipinski definition) is 3. The molecule has 0 N–H and O–H groups in total. The lowest BCUT2D eigenvalue weighted by Gasteiger charge is -2.38. The van der Waals surface area contributed by atoms with E-state index in [0.717, 1.165) is 51.4 Å².